The van der Waals surface area contributed by atoms with Crippen LogP contribution in [-0.2, 0) is 12.8 Å². The fraction of sp³-hybridized carbons (Fsp3) is 0.400. The molecule has 1 unspecified atom stereocenters. The van der Waals surface area contributed by atoms with Crippen molar-refractivity contribution in [1.82, 2.24) is 9.97 Å². The van der Waals surface area contributed by atoms with Gasteiger partial charge in [0.25, 0.3) is 0 Å². The molecular weight excluding hydrogens is 346 g/mol. The summed E-state index contributed by atoms with van der Waals surface area (Å²) in [5.74, 6) is 3.07. The van der Waals surface area contributed by atoms with Gasteiger partial charge in [-0.1, -0.05) is 6.92 Å². The van der Waals surface area contributed by atoms with E-state index in [0.29, 0.717) is 12.4 Å². The number of aromatic nitrogens is 2. The van der Waals surface area contributed by atoms with Gasteiger partial charge in [0.15, 0.2) is 11.5 Å². The lowest BCUT2D eigenvalue weighted by Gasteiger charge is -2.18. The molecule has 4 rings (SSSR count). The second-order valence-electron chi connectivity index (χ2n) is 6.68. The Kier molecular flexibility index (Phi) is 4.68. The predicted molar refractivity (Wildman–Crippen MR) is 106 cm³/mol. The summed E-state index contributed by atoms with van der Waals surface area (Å²) in [5.41, 5.74) is 2.35. The van der Waals surface area contributed by atoms with Crippen molar-refractivity contribution in [3.63, 3.8) is 0 Å². The molecule has 5 nitrogen and oxygen atoms in total. The van der Waals surface area contributed by atoms with Crippen molar-refractivity contribution in [2.24, 2.45) is 5.92 Å². The summed E-state index contributed by atoms with van der Waals surface area (Å²) < 4.78 is 11.1. The summed E-state index contributed by atoms with van der Waals surface area (Å²) >= 11 is 1.81. The van der Waals surface area contributed by atoms with Crippen molar-refractivity contribution in [3.8, 4) is 11.5 Å². The number of aryl methyl sites for hydroxylation is 1. The molecule has 0 bridgehead atoms. The van der Waals surface area contributed by atoms with Crippen LogP contribution in [0.1, 0.15) is 30.7 Å². The van der Waals surface area contributed by atoms with Gasteiger partial charge in [-0.2, -0.15) is 0 Å². The number of rotatable bonds is 5. The number of anilines is 2. The normalized spacial score (nSPS) is 16.3. The molecule has 26 heavy (non-hydrogen) atoms. The Morgan fingerprint density at radius 2 is 2.15 bits per heavy atom. The second kappa shape index (κ2) is 7.11. The van der Waals surface area contributed by atoms with Gasteiger partial charge >= 0.3 is 0 Å². The summed E-state index contributed by atoms with van der Waals surface area (Å²) in [6.07, 6.45) is 5.11. The van der Waals surface area contributed by atoms with E-state index >= 15 is 0 Å². The van der Waals surface area contributed by atoms with E-state index in [0.717, 1.165) is 40.8 Å². The van der Waals surface area contributed by atoms with E-state index in [1.54, 1.807) is 13.4 Å². The maximum absolute atomic E-state index is 5.60. The maximum atomic E-state index is 5.60. The smallest absolute Gasteiger partial charge is 0.162 e. The van der Waals surface area contributed by atoms with E-state index in [1.807, 2.05) is 36.5 Å². The van der Waals surface area contributed by atoms with Crippen LogP contribution in [0.25, 0.3) is 10.2 Å². The molecule has 0 fully saturated rings. The van der Waals surface area contributed by atoms with Crippen molar-refractivity contribution in [1.29, 1.82) is 0 Å². The van der Waals surface area contributed by atoms with Crippen LogP contribution in [-0.4, -0.2) is 23.7 Å². The highest BCUT2D eigenvalue weighted by atomic mass is 32.1. The first-order chi connectivity index (χ1) is 12.7. The fourth-order valence-electron chi connectivity index (χ4n) is 3.53. The Hall–Kier alpha value is -2.34. The van der Waals surface area contributed by atoms with Crippen molar-refractivity contribution < 1.29 is 9.47 Å². The summed E-state index contributed by atoms with van der Waals surface area (Å²) in [6.45, 7) is 4.89. The van der Waals surface area contributed by atoms with Gasteiger partial charge in [0.1, 0.15) is 17.0 Å². The molecule has 0 aliphatic heterocycles. The van der Waals surface area contributed by atoms with Crippen LogP contribution < -0.4 is 14.8 Å². The largest absolute Gasteiger partial charge is 0.493 e. The minimum atomic E-state index is 0.606. The zero-order valence-corrected chi connectivity index (χ0v) is 16.2. The molecule has 1 aliphatic rings. The van der Waals surface area contributed by atoms with Gasteiger partial charge in [0, 0.05) is 16.6 Å². The second-order valence-corrected chi connectivity index (χ2v) is 7.76. The number of thiophene rings is 1. The van der Waals surface area contributed by atoms with Crippen molar-refractivity contribution in [2.45, 2.75) is 33.1 Å². The highest BCUT2D eigenvalue weighted by Crippen LogP contribution is 2.40. The third kappa shape index (κ3) is 3.09. The topological polar surface area (TPSA) is 56.3 Å². The molecule has 1 aromatic carbocycles. The lowest BCUT2D eigenvalue weighted by molar-refractivity contribution is 0.311. The van der Waals surface area contributed by atoms with E-state index in [2.05, 4.69) is 22.2 Å². The molecule has 0 spiro atoms. The Bertz CT molecular complexity index is 938. The monoisotopic (exact) mass is 369 g/mol. The van der Waals surface area contributed by atoms with Crippen molar-refractivity contribution >= 4 is 33.1 Å². The average Bonchev–Trinajstić information content (AvgIpc) is 3.01. The number of nitrogens with one attached hydrogen (secondary N) is 1. The highest BCUT2D eigenvalue weighted by Gasteiger charge is 2.23. The number of fused-ring (bicyclic) bond motifs is 3. The Labute approximate surface area is 157 Å². The van der Waals surface area contributed by atoms with Gasteiger partial charge in [-0.05, 0) is 49.8 Å². The van der Waals surface area contributed by atoms with Crippen LogP contribution >= 0.6 is 11.3 Å². The van der Waals surface area contributed by atoms with Crippen molar-refractivity contribution in [2.75, 3.05) is 19.0 Å². The third-order valence-electron chi connectivity index (χ3n) is 4.82. The zero-order chi connectivity index (χ0) is 18.1. The minimum absolute atomic E-state index is 0.606. The van der Waals surface area contributed by atoms with E-state index in [-0.39, 0.29) is 0 Å². The summed E-state index contributed by atoms with van der Waals surface area (Å²) in [7, 11) is 1.65. The zero-order valence-electron chi connectivity index (χ0n) is 15.3. The summed E-state index contributed by atoms with van der Waals surface area (Å²) in [5, 5.41) is 4.63. The molecule has 0 amide bonds. The first-order valence-electron chi connectivity index (χ1n) is 9.02. The molecule has 1 atom stereocenters. The number of hydrogen-bond donors (Lipinski definition) is 1. The molecule has 0 saturated carbocycles. The minimum Gasteiger partial charge on any atom is -0.493 e. The number of nitrogens with zero attached hydrogens (tertiary/aromatic N) is 2. The van der Waals surface area contributed by atoms with Gasteiger partial charge < -0.3 is 14.8 Å². The molecule has 3 aromatic rings. The number of methoxy groups -OCH3 is 1. The molecule has 1 N–H and O–H groups in total. The van der Waals surface area contributed by atoms with Gasteiger partial charge in [-0.25, -0.2) is 9.97 Å². The van der Waals surface area contributed by atoms with Crippen molar-refractivity contribution in [3.05, 3.63) is 35.0 Å². The maximum Gasteiger partial charge on any atom is 0.162 e. The lowest BCUT2D eigenvalue weighted by Crippen LogP contribution is -2.09. The Morgan fingerprint density at radius 1 is 1.27 bits per heavy atom. The molecule has 2 aromatic heterocycles. The molecule has 1 aliphatic carbocycles. The van der Waals surface area contributed by atoms with Gasteiger partial charge in [0.2, 0.25) is 0 Å². The van der Waals surface area contributed by atoms with Crippen LogP contribution in [0.2, 0.25) is 0 Å². The predicted octanol–water partition coefficient (Wildman–Crippen LogP) is 4.97. The molecule has 6 heteroatoms. The lowest BCUT2D eigenvalue weighted by atomic mass is 9.89. The molecule has 2 heterocycles. The van der Waals surface area contributed by atoms with Crippen LogP contribution in [0, 0.1) is 5.92 Å². The van der Waals surface area contributed by atoms with Crippen LogP contribution in [0.4, 0.5) is 11.5 Å². The van der Waals surface area contributed by atoms with E-state index < -0.39 is 0 Å². The van der Waals surface area contributed by atoms with Gasteiger partial charge in [-0.15, -0.1) is 11.3 Å². The van der Waals surface area contributed by atoms with Gasteiger partial charge in [-0.3, -0.25) is 0 Å². The average molecular weight is 369 g/mol. The Morgan fingerprint density at radius 3 is 2.96 bits per heavy atom. The van der Waals surface area contributed by atoms with Crippen LogP contribution in [0.5, 0.6) is 11.5 Å². The molecule has 136 valence electrons. The third-order valence-corrected chi connectivity index (χ3v) is 5.98. The number of ether oxygens (including phenoxy) is 2. The first kappa shape index (κ1) is 17.1. The summed E-state index contributed by atoms with van der Waals surface area (Å²) in [4.78, 5) is 11.6. The molecular formula is C20H23N3O2S. The SMILES string of the molecule is CCOc1ccc(Nc2ncnc3sc4c(c23)CCC(C)C4)cc1OC. The van der Waals surface area contributed by atoms with E-state index in [1.165, 1.54) is 22.2 Å². The highest BCUT2D eigenvalue weighted by molar-refractivity contribution is 7.19. The molecule has 0 radical (unpaired) electrons. The number of hydrogen-bond acceptors (Lipinski definition) is 6. The van der Waals surface area contributed by atoms with E-state index in [9.17, 15) is 0 Å². The standard InChI is InChI=1S/C20H23N3O2S/c1-4-25-15-8-6-13(10-16(15)24-3)23-19-18-14-7-5-12(2)9-17(14)26-20(18)22-11-21-19/h6,8,10-12H,4-5,7,9H2,1-3H3,(H,21,22,23). The number of benzene rings is 1. The first-order valence-corrected chi connectivity index (χ1v) is 9.84. The summed E-state index contributed by atoms with van der Waals surface area (Å²) in [6, 6.07) is 5.86. The quantitative estimate of drug-likeness (QED) is 0.688. The van der Waals surface area contributed by atoms with Crippen LogP contribution in [0.15, 0.2) is 24.5 Å². The Balaban J connectivity index is 1.72. The molecule has 0 saturated heterocycles. The van der Waals surface area contributed by atoms with Gasteiger partial charge in [0.05, 0.1) is 19.1 Å². The van der Waals surface area contributed by atoms with Crippen LogP contribution in [0.3, 0.4) is 0 Å². The fourth-order valence-corrected chi connectivity index (χ4v) is 4.88. The van der Waals surface area contributed by atoms with E-state index in [4.69, 9.17) is 9.47 Å².